The third kappa shape index (κ3) is 2.77. The van der Waals surface area contributed by atoms with Crippen LogP contribution in [0.15, 0.2) is 96.2 Å². The minimum Gasteiger partial charge on any atom is -0.453 e. The zero-order valence-electron chi connectivity index (χ0n) is 13.5. The summed E-state index contributed by atoms with van der Waals surface area (Å²) in [7, 11) is 0. The van der Waals surface area contributed by atoms with Gasteiger partial charge in [0.05, 0.1) is 16.0 Å². The molecule has 1 aliphatic heterocycles. The standard InChI is InChI=1S/C22H16BrNO/c1-2-3-4-13-21(23)24-18-11-7-8-12-19(18)25-20-15-14-16-9-5-6-10-17(16)22(20)24/h2-15H,1H2/b4-3-,21-13+. The Labute approximate surface area is 155 Å². The summed E-state index contributed by atoms with van der Waals surface area (Å²) in [6.07, 6.45) is 7.63. The molecule has 122 valence electrons. The molecule has 0 aromatic heterocycles. The van der Waals surface area contributed by atoms with E-state index in [4.69, 9.17) is 4.74 Å². The van der Waals surface area contributed by atoms with Crippen LogP contribution < -0.4 is 9.64 Å². The Bertz CT molecular complexity index is 1020. The van der Waals surface area contributed by atoms with E-state index in [0.717, 1.165) is 32.9 Å². The number of allylic oxidation sites excluding steroid dienone is 4. The summed E-state index contributed by atoms with van der Waals surface area (Å²) in [6, 6.07) is 20.5. The fourth-order valence-corrected chi connectivity index (χ4v) is 3.55. The fraction of sp³-hybridized carbons (Fsp3) is 0. The lowest BCUT2D eigenvalue weighted by molar-refractivity contribution is 0.477. The number of fused-ring (bicyclic) bond motifs is 4. The molecular weight excluding hydrogens is 374 g/mol. The van der Waals surface area contributed by atoms with Crippen LogP contribution in [-0.2, 0) is 0 Å². The minimum absolute atomic E-state index is 0.836. The van der Waals surface area contributed by atoms with E-state index in [0.29, 0.717) is 0 Å². The maximum Gasteiger partial charge on any atom is 0.152 e. The van der Waals surface area contributed by atoms with Crippen molar-refractivity contribution < 1.29 is 4.74 Å². The summed E-state index contributed by atoms with van der Waals surface area (Å²) < 4.78 is 7.10. The lowest BCUT2D eigenvalue weighted by Gasteiger charge is -2.33. The molecule has 4 rings (SSSR count). The van der Waals surface area contributed by atoms with Crippen molar-refractivity contribution in [1.29, 1.82) is 0 Å². The zero-order valence-corrected chi connectivity index (χ0v) is 15.1. The molecule has 0 spiro atoms. The molecule has 3 heteroatoms. The van der Waals surface area contributed by atoms with Gasteiger partial charge >= 0.3 is 0 Å². The molecule has 0 atom stereocenters. The average Bonchev–Trinajstić information content (AvgIpc) is 2.66. The highest BCUT2D eigenvalue weighted by Crippen LogP contribution is 2.51. The van der Waals surface area contributed by atoms with Crippen LogP contribution in [0.5, 0.6) is 11.5 Å². The number of nitrogens with zero attached hydrogens (tertiary/aromatic N) is 1. The lowest BCUT2D eigenvalue weighted by atomic mass is 10.0. The maximum absolute atomic E-state index is 6.17. The van der Waals surface area contributed by atoms with E-state index in [2.05, 4.69) is 63.8 Å². The molecule has 2 nitrogen and oxygen atoms in total. The van der Waals surface area contributed by atoms with Gasteiger partial charge in [0.25, 0.3) is 0 Å². The van der Waals surface area contributed by atoms with Gasteiger partial charge in [-0.1, -0.05) is 67.3 Å². The summed E-state index contributed by atoms with van der Waals surface area (Å²) in [6.45, 7) is 3.72. The van der Waals surface area contributed by atoms with Crippen molar-refractivity contribution in [3.8, 4) is 11.5 Å². The van der Waals surface area contributed by atoms with Gasteiger partial charge in [-0.3, -0.25) is 4.90 Å². The predicted molar refractivity (Wildman–Crippen MR) is 109 cm³/mol. The molecule has 0 saturated carbocycles. The number of rotatable bonds is 3. The molecule has 0 saturated heterocycles. The first-order valence-corrected chi connectivity index (χ1v) is 8.82. The van der Waals surface area contributed by atoms with Crippen LogP contribution in [0.3, 0.4) is 0 Å². The molecule has 3 aromatic rings. The summed E-state index contributed by atoms with van der Waals surface area (Å²) in [4.78, 5) is 2.18. The summed E-state index contributed by atoms with van der Waals surface area (Å²) in [5.41, 5.74) is 2.04. The highest BCUT2D eigenvalue weighted by atomic mass is 79.9. The van der Waals surface area contributed by atoms with Crippen molar-refractivity contribution >= 4 is 38.1 Å². The van der Waals surface area contributed by atoms with Crippen LogP contribution in [0.4, 0.5) is 11.4 Å². The monoisotopic (exact) mass is 389 g/mol. The molecule has 0 aliphatic carbocycles. The lowest BCUT2D eigenvalue weighted by Crippen LogP contribution is -2.18. The van der Waals surface area contributed by atoms with E-state index < -0.39 is 0 Å². The Morgan fingerprint density at radius 2 is 1.72 bits per heavy atom. The van der Waals surface area contributed by atoms with Gasteiger partial charge in [0.1, 0.15) is 0 Å². The van der Waals surface area contributed by atoms with Gasteiger partial charge in [0.2, 0.25) is 0 Å². The van der Waals surface area contributed by atoms with Crippen LogP contribution >= 0.6 is 15.9 Å². The second-order valence-electron chi connectivity index (χ2n) is 5.65. The Kier molecular flexibility index (Phi) is 4.16. The number of ether oxygens (including phenoxy) is 1. The first-order chi connectivity index (χ1) is 12.3. The van der Waals surface area contributed by atoms with E-state index in [1.807, 2.05) is 42.5 Å². The molecule has 0 unspecified atom stereocenters. The van der Waals surface area contributed by atoms with Crippen molar-refractivity contribution in [2.75, 3.05) is 4.90 Å². The van der Waals surface area contributed by atoms with Crippen molar-refractivity contribution in [3.63, 3.8) is 0 Å². The zero-order chi connectivity index (χ0) is 17.2. The Morgan fingerprint density at radius 1 is 0.920 bits per heavy atom. The third-order valence-electron chi connectivity index (χ3n) is 4.11. The van der Waals surface area contributed by atoms with E-state index in [-0.39, 0.29) is 0 Å². The molecule has 0 radical (unpaired) electrons. The maximum atomic E-state index is 6.17. The molecular formula is C22H16BrNO. The highest BCUT2D eigenvalue weighted by Gasteiger charge is 2.27. The van der Waals surface area contributed by atoms with Gasteiger partial charge in [-0.2, -0.15) is 0 Å². The number of para-hydroxylation sites is 2. The number of benzene rings is 3. The molecule has 0 amide bonds. The fourth-order valence-electron chi connectivity index (χ4n) is 3.03. The molecule has 3 aromatic carbocycles. The van der Waals surface area contributed by atoms with Crippen LogP contribution in [-0.4, -0.2) is 0 Å². The van der Waals surface area contributed by atoms with Crippen LogP contribution in [0.1, 0.15) is 0 Å². The molecule has 1 heterocycles. The van der Waals surface area contributed by atoms with E-state index in [1.54, 1.807) is 6.08 Å². The number of halogens is 1. The van der Waals surface area contributed by atoms with Gasteiger partial charge in [-0.25, -0.2) is 0 Å². The Hall–Kier alpha value is -2.78. The topological polar surface area (TPSA) is 12.5 Å². The second-order valence-corrected chi connectivity index (χ2v) is 6.46. The van der Waals surface area contributed by atoms with Crippen LogP contribution in [0, 0.1) is 0 Å². The minimum atomic E-state index is 0.836. The van der Waals surface area contributed by atoms with Crippen molar-refractivity contribution in [1.82, 2.24) is 0 Å². The van der Waals surface area contributed by atoms with E-state index >= 15 is 0 Å². The highest BCUT2D eigenvalue weighted by molar-refractivity contribution is 9.11. The number of hydrogen-bond donors (Lipinski definition) is 0. The quantitative estimate of drug-likeness (QED) is 0.351. The molecule has 1 aliphatic rings. The molecule has 0 N–H and O–H groups in total. The van der Waals surface area contributed by atoms with Crippen molar-refractivity contribution in [2.24, 2.45) is 0 Å². The van der Waals surface area contributed by atoms with Crippen molar-refractivity contribution in [2.45, 2.75) is 0 Å². The summed E-state index contributed by atoms with van der Waals surface area (Å²) in [5, 5.41) is 2.32. The van der Waals surface area contributed by atoms with Crippen molar-refractivity contribution in [3.05, 3.63) is 96.2 Å². The second kappa shape index (κ2) is 6.61. The number of anilines is 2. The van der Waals surface area contributed by atoms with Gasteiger partial charge in [0, 0.05) is 5.39 Å². The molecule has 25 heavy (non-hydrogen) atoms. The van der Waals surface area contributed by atoms with E-state index in [9.17, 15) is 0 Å². The normalized spacial score (nSPS) is 13.5. The van der Waals surface area contributed by atoms with Gasteiger partial charge < -0.3 is 4.74 Å². The molecule has 0 fully saturated rings. The predicted octanol–water partition coefficient (Wildman–Crippen LogP) is 7.06. The van der Waals surface area contributed by atoms with Gasteiger partial charge in [-0.05, 0) is 45.6 Å². The van der Waals surface area contributed by atoms with E-state index in [1.165, 1.54) is 5.39 Å². The van der Waals surface area contributed by atoms with Crippen LogP contribution in [0.25, 0.3) is 10.8 Å². The molecule has 0 bridgehead atoms. The first kappa shape index (κ1) is 15.7. The number of hydrogen-bond acceptors (Lipinski definition) is 2. The Morgan fingerprint density at radius 3 is 2.60 bits per heavy atom. The summed E-state index contributed by atoms with van der Waals surface area (Å²) in [5.74, 6) is 1.68. The Balaban J connectivity index is 1.99. The van der Waals surface area contributed by atoms with Gasteiger partial charge in [0.15, 0.2) is 11.5 Å². The van der Waals surface area contributed by atoms with Crippen LogP contribution in [0.2, 0.25) is 0 Å². The average molecular weight is 390 g/mol. The largest absolute Gasteiger partial charge is 0.453 e. The first-order valence-electron chi connectivity index (χ1n) is 8.03. The third-order valence-corrected chi connectivity index (χ3v) is 4.73. The smallest absolute Gasteiger partial charge is 0.152 e. The summed E-state index contributed by atoms with van der Waals surface area (Å²) >= 11 is 3.74. The van der Waals surface area contributed by atoms with Gasteiger partial charge in [-0.15, -0.1) is 0 Å². The SMILES string of the molecule is C=C/C=C\C=C(/Br)N1c2ccccc2Oc2ccc3ccccc3c21.